The second-order valence-electron chi connectivity index (χ2n) is 9.89. The van der Waals surface area contributed by atoms with E-state index in [1.54, 1.807) is 7.11 Å². The molecule has 2 bridgehead atoms. The summed E-state index contributed by atoms with van der Waals surface area (Å²) in [5.41, 5.74) is 3.95. The molecule has 1 aromatic carbocycles. The van der Waals surface area contributed by atoms with Crippen LogP contribution >= 0.6 is 11.6 Å². The molecule has 1 amide bonds. The first-order chi connectivity index (χ1) is 14.1. The average molecular weight is 414 g/mol. The molecule has 7 atom stereocenters. The van der Waals surface area contributed by atoms with Crippen molar-refractivity contribution in [3.8, 4) is 5.75 Å². The Morgan fingerprint density at radius 3 is 3.14 bits per heavy atom. The highest BCUT2D eigenvalue weighted by Gasteiger charge is 2.75. The lowest BCUT2D eigenvalue weighted by molar-refractivity contribution is -0.933. The molecule has 29 heavy (non-hydrogen) atoms. The van der Waals surface area contributed by atoms with Gasteiger partial charge in [0.2, 0.25) is 5.91 Å². The molecule has 7 rings (SSSR count). The van der Waals surface area contributed by atoms with Gasteiger partial charge in [-0.15, -0.1) is 0 Å². The largest absolute Gasteiger partial charge is 0.497 e. The molecule has 1 aromatic rings. The van der Waals surface area contributed by atoms with E-state index in [9.17, 15) is 4.79 Å². The first-order valence-electron chi connectivity index (χ1n) is 10.9. The predicted molar refractivity (Wildman–Crippen MR) is 109 cm³/mol. The van der Waals surface area contributed by atoms with Crippen LogP contribution < -0.4 is 9.64 Å². The molecular weight excluding hydrogens is 388 g/mol. The van der Waals surface area contributed by atoms with Crippen LogP contribution in [0.25, 0.3) is 0 Å². The van der Waals surface area contributed by atoms with E-state index in [-0.39, 0.29) is 23.5 Å². The number of ether oxygens (including phenoxy) is 2. The minimum Gasteiger partial charge on any atom is -0.497 e. The number of carbonyl (C=O) groups is 1. The molecule has 3 saturated heterocycles. The molecular formula is C23H26ClN2O3+. The summed E-state index contributed by atoms with van der Waals surface area (Å²) >= 11 is 6.71. The lowest BCUT2D eigenvalue weighted by atomic mass is 9.53. The number of benzene rings is 1. The summed E-state index contributed by atoms with van der Waals surface area (Å²) < 4.78 is 12.8. The standard InChI is InChI=1S/C23H26ClN2O3/c1-28-14-2-3-16-17(8-14)25-20(27)10-18-21-15-9-19-23(16,22(21)25)5-6-26(19,12-24)11-13(15)4-7-29-18/h2-4,8,15,18-19,21-22H,5-7,9-12H2,1H3/q+1/t15-,18-,19-,21-,22-,23+,26?/m0/s1. The van der Waals surface area contributed by atoms with Gasteiger partial charge < -0.3 is 18.9 Å². The van der Waals surface area contributed by atoms with Crippen LogP contribution in [0.4, 0.5) is 5.69 Å². The van der Waals surface area contributed by atoms with E-state index >= 15 is 0 Å². The summed E-state index contributed by atoms with van der Waals surface area (Å²) in [6, 6.07) is 7.72. The summed E-state index contributed by atoms with van der Waals surface area (Å²) in [6.07, 6.45) is 5.12. The number of rotatable bonds is 2. The van der Waals surface area contributed by atoms with Crippen molar-refractivity contribution in [1.82, 2.24) is 0 Å². The average Bonchev–Trinajstić information content (AvgIpc) is 3.18. The lowest BCUT2D eigenvalue weighted by Gasteiger charge is -2.60. The normalized spacial score (nSPS) is 45.6. The Morgan fingerprint density at radius 2 is 2.31 bits per heavy atom. The van der Waals surface area contributed by atoms with Crippen molar-refractivity contribution in [2.24, 2.45) is 11.8 Å². The summed E-state index contributed by atoms with van der Waals surface area (Å²) in [5.74, 6) is 1.93. The van der Waals surface area contributed by atoms with Crippen LogP contribution in [0.15, 0.2) is 29.8 Å². The fourth-order valence-electron chi connectivity index (χ4n) is 8.29. The topological polar surface area (TPSA) is 38.8 Å². The number of fused-ring (bicyclic) bond motifs is 2. The van der Waals surface area contributed by atoms with Gasteiger partial charge in [0, 0.05) is 24.8 Å². The van der Waals surface area contributed by atoms with Crippen LogP contribution in [0, 0.1) is 11.8 Å². The van der Waals surface area contributed by atoms with Crippen molar-refractivity contribution in [2.75, 3.05) is 37.7 Å². The van der Waals surface area contributed by atoms with Gasteiger partial charge in [-0.2, -0.15) is 0 Å². The number of halogens is 1. The van der Waals surface area contributed by atoms with E-state index in [2.05, 4.69) is 29.2 Å². The van der Waals surface area contributed by atoms with Crippen molar-refractivity contribution in [1.29, 1.82) is 0 Å². The molecule has 0 radical (unpaired) electrons. The fourth-order valence-corrected chi connectivity index (χ4v) is 8.66. The molecule has 1 unspecified atom stereocenters. The smallest absolute Gasteiger partial charge is 0.229 e. The molecule has 5 nitrogen and oxygen atoms in total. The van der Waals surface area contributed by atoms with Crippen LogP contribution in [0.3, 0.4) is 0 Å². The third kappa shape index (κ3) is 1.77. The van der Waals surface area contributed by atoms with Gasteiger partial charge in [0.1, 0.15) is 18.3 Å². The number of hydrogen-bond acceptors (Lipinski definition) is 3. The number of alkyl halides is 1. The first kappa shape index (κ1) is 17.2. The Hall–Kier alpha value is -1.56. The third-order valence-corrected chi connectivity index (χ3v) is 9.72. The Bertz CT molecular complexity index is 979. The second kappa shape index (κ2) is 5.37. The molecule has 152 valence electrons. The maximum Gasteiger partial charge on any atom is 0.229 e. The zero-order valence-electron chi connectivity index (χ0n) is 16.6. The number of carbonyl (C=O) groups excluding carboxylic acids is 1. The molecule has 5 aliphatic heterocycles. The van der Waals surface area contributed by atoms with Gasteiger partial charge in [0.15, 0.2) is 6.00 Å². The summed E-state index contributed by atoms with van der Waals surface area (Å²) in [4.78, 5) is 15.6. The highest BCUT2D eigenvalue weighted by atomic mass is 35.5. The quantitative estimate of drug-likeness (QED) is 0.324. The van der Waals surface area contributed by atoms with Gasteiger partial charge in [0.05, 0.1) is 49.9 Å². The van der Waals surface area contributed by atoms with Crippen LogP contribution in [0.2, 0.25) is 0 Å². The molecule has 4 fully saturated rings. The van der Waals surface area contributed by atoms with Crippen LogP contribution in [-0.4, -0.2) is 61.4 Å². The maximum atomic E-state index is 13.5. The van der Waals surface area contributed by atoms with E-state index < -0.39 is 0 Å². The van der Waals surface area contributed by atoms with Gasteiger partial charge in [-0.25, -0.2) is 0 Å². The Labute approximate surface area is 175 Å². The van der Waals surface area contributed by atoms with Crippen molar-refractivity contribution in [3.63, 3.8) is 0 Å². The predicted octanol–water partition coefficient (Wildman–Crippen LogP) is 2.81. The van der Waals surface area contributed by atoms with E-state index in [1.807, 2.05) is 0 Å². The Morgan fingerprint density at radius 1 is 1.41 bits per heavy atom. The lowest BCUT2D eigenvalue weighted by Crippen LogP contribution is -2.72. The Balaban J connectivity index is 1.53. The summed E-state index contributed by atoms with van der Waals surface area (Å²) in [6.45, 7) is 2.79. The SMILES string of the molecule is COc1ccc2c(c1)N1C(=O)C[C@@H]3OCC=C4C[N+]5(CCl)CC[C@@]26[C@@H]1[C@H]3[C@H]4C[C@@H]65. The molecule has 5 heterocycles. The van der Waals surface area contributed by atoms with Crippen molar-refractivity contribution in [3.05, 3.63) is 35.4 Å². The summed E-state index contributed by atoms with van der Waals surface area (Å²) in [5, 5.41) is 0. The molecule has 0 N–H and O–H groups in total. The highest BCUT2D eigenvalue weighted by molar-refractivity contribution is 6.17. The van der Waals surface area contributed by atoms with E-state index in [4.69, 9.17) is 21.1 Å². The van der Waals surface area contributed by atoms with Gasteiger partial charge in [-0.3, -0.25) is 4.79 Å². The zero-order chi connectivity index (χ0) is 19.5. The van der Waals surface area contributed by atoms with Gasteiger partial charge in [-0.1, -0.05) is 23.7 Å². The molecule has 6 heteroatoms. The molecule has 0 aromatic heterocycles. The second-order valence-corrected chi connectivity index (χ2v) is 10.1. The number of hydrogen-bond donors (Lipinski definition) is 0. The summed E-state index contributed by atoms with van der Waals surface area (Å²) in [7, 11) is 1.70. The van der Waals surface area contributed by atoms with Crippen molar-refractivity contribution >= 4 is 23.2 Å². The van der Waals surface area contributed by atoms with Crippen LogP contribution in [-0.2, 0) is 14.9 Å². The number of methoxy groups -OCH3 is 1. The molecule has 1 saturated carbocycles. The molecule has 1 spiro atoms. The third-order valence-electron chi connectivity index (χ3n) is 9.25. The number of amides is 1. The minimum absolute atomic E-state index is 0.00871. The number of anilines is 1. The maximum absolute atomic E-state index is 13.5. The van der Waals surface area contributed by atoms with Crippen LogP contribution in [0.1, 0.15) is 24.8 Å². The van der Waals surface area contributed by atoms with E-state index in [0.29, 0.717) is 36.9 Å². The molecule has 1 aliphatic carbocycles. The van der Waals surface area contributed by atoms with Gasteiger partial charge in [0.25, 0.3) is 0 Å². The number of quaternary nitrogens is 1. The van der Waals surface area contributed by atoms with Gasteiger partial charge >= 0.3 is 0 Å². The van der Waals surface area contributed by atoms with Gasteiger partial charge in [-0.05, 0) is 23.1 Å². The minimum atomic E-state index is -0.00871. The fraction of sp³-hybridized carbons (Fsp3) is 0.609. The molecule has 6 aliphatic rings. The van der Waals surface area contributed by atoms with Crippen molar-refractivity contribution < 1.29 is 18.8 Å². The number of nitrogens with zero attached hydrogens (tertiary/aromatic N) is 2. The zero-order valence-corrected chi connectivity index (χ0v) is 17.4. The highest BCUT2D eigenvalue weighted by Crippen LogP contribution is 2.67. The van der Waals surface area contributed by atoms with E-state index in [1.165, 1.54) is 17.6 Å². The van der Waals surface area contributed by atoms with Crippen molar-refractivity contribution in [2.45, 2.75) is 42.9 Å². The van der Waals surface area contributed by atoms with E-state index in [0.717, 1.165) is 35.4 Å². The first-order valence-corrected chi connectivity index (χ1v) is 11.4. The van der Waals surface area contributed by atoms with Crippen LogP contribution in [0.5, 0.6) is 5.75 Å². The monoisotopic (exact) mass is 413 g/mol. The Kier molecular flexibility index (Phi) is 3.18. The number of piperidine rings is 2.